The van der Waals surface area contributed by atoms with Gasteiger partial charge in [0, 0.05) is 19.4 Å². The van der Waals surface area contributed by atoms with Gasteiger partial charge in [0.05, 0.1) is 11.4 Å². The summed E-state index contributed by atoms with van der Waals surface area (Å²) in [5.74, 6) is -0.782. The third-order valence-electron chi connectivity index (χ3n) is 4.02. The molecule has 4 nitrogen and oxygen atoms in total. The van der Waals surface area contributed by atoms with E-state index in [1.54, 1.807) is 6.07 Å². The average molecular weight is 335 g/mol. The summed E-state index contributed by atoms with van der Waals surface area (Å²) < 4.78 is 39.9. The van der Waals surface area contributed by atoms with E-state index in [1.165, 1.54) is 18.2 Å². The Kier molecular flexibility index (Phi) is 4.23. The minimum atomic E-state index is -3.64. The molecule has 1 aliphatic rings. The van der Waals surface area contributed by atoms with Crippen molar-refractivity contribution in [3.63, 3.8) is 0 Å². The molecule has 2 aromatic carbocycles. The van der Waals surface area contributed by atoms with E-state index in [9.17, 15) is 17.9 Å². The van der Waals surface area contributed by atoms with Gasteiger partial charge in [-0.1, -0.05) is 36.4 Å². The first-order chi connectivity index (χ1) is 10.9. The van der Waals surface area contributed by atoms with E-state index in [0.29, 0.717) is 18.4 Å². The molecule has 6 heteroatoms. The van der Waals surface area contributed by atoms with Crippen LogP contribution in [0.4, 0.5) is 4.39 Å². The molecule has 23 heavy (non-hydrogen) atoms. The normalized spacial score (nSPS) is 16.3. The second-order valence-electron chi connectivity index (χ2n) is 6.06. The maximum atomic E-state index is 13.1. The van der Waals surface area contributed by atoms with Crippen LogP contribution in [0.15, 0.2) is 48.5 Å². The number of hydrogen-bond acceptors (Lipinski definition) is 3. The number of benzene rings is 2. The van der Waals surface area contributed by atoms with Crippen LogP contribution in [0, 0.1) is 5.82 Å². The van der Waals surface area contributed by atoms with Crippen molar-refractivity contribution in [1.29, 1.82) is 0 Å². The Morgan fingerprint density at radius 2 is 1.74 bits per heavy atom. The summed E-state index contributed by atoms with van der Waals surface area (Å²) in [5.41, 5.74) is 1.34. The lowest BCUT2D eigenvalue weighted by Gasteiger charge is -2.22. The fourth-order valence-electron chi connectivity index (χ4n) is 2.94. The molecule has 0 unspecified atom stereocenters. The standard InChI is InChI=1S/C17H18FNO3S/c18-16-7-3-4-13(8-16)11-23(21,22)19-12-17(20)9-14-5-1-2-6-15(14)10-17/h1-8,19-20H,9-12H2. The summed E-state index contributed by atoms with van der Waals surface area (Å²) >= 11 is 0. The number of aliphatic hydroxyl groups is 1. The number of fused-ring (bicyclic) bond motifs is 1. The van der Waals surface area contributed by atoms with Gasteiger partial charge in [0.1, 0.15) is 5.82 Å². The first-order valence-corrected chi connectivity index (χ1v) is 9.01. The number of hydrogen-bond donors (Lipinski definition) is 2. The van der Waals surface area contributed by atoms with Crippen LogP contribution >= 0.6 is 0 Å². The van der Waals surface area contributed by atoms with E-state index in [0.717, 1.165) is 11.1 Å². The average Bonchev–Trinajstić information content (AvgIpc) is 2.82. The second kappa shape index (κ2) is 6.03. The molecule has 2 aromatic rings. The molecule has 0 fully saturated rings. The summed E-state index contributed by atoms with van der Waals surface area (Å²) in [4.78, 5) is 0. The van der Waals surface area contributed by atoms with Crippen LogP contribution in [0.5, 0.6) is 0 Å². The molecule has 2 N–H and O–H groups in total. The number of rotatable bonds is 5. The van der Waals surface area contributed by atoms with Crippen molar-refractivity contribution in [3.05, 3.63) is 71.0 Å². The minimum absolute atomic E-state index is 0.0562. The van der Waals surface area contributed by atoms with Crippen molar-refractivity contribution in [1.82, 2.24) is 4.72 Å². The highest BCUT2D eigenvalue weighted by molar-refractivity contribution is 7.88. The molecule has 3 rings (SSSR count). The van der Waals surface area contributed by atoms with Crippen LogP contribution in [-0.4, -0.2) is 25.7 Å². The molecule has 0 saturated carbocycles. The number of nitrogens with one attached hydrogen (secondary N) is 1. The van der Waals surface area contributed by atoms with Crippen molar-refractivity contribution >= 4 is 10.0 Å². The molecule has 0 spiro atoms. The van der Waals surface area contributed by atoms with Gasteiger partial charge < -0.3 is 5.11 Å². The van der Waals surface area contributed by atoms with E-state index < -0.39 is 21.4 Å². The number of halogens is 1. The molecule has 0 aromatic heterocycles. The largest absolute Gasteiger partial charge is 0.388 e. The molecule has 1 aliphatic carbocycles. The second-order valence-corrected chi connectivity index (χ2v) is 7.86. The first-order valence-electron chi connectivity index (χ1n) is 7.36. The third kappa shape index (κ3) is 3.96. The first kappa shape index (κ1) is 16.1. The highest BCUT2D eigenvalue weighted by atomic mass is 32.2. The Hall–Kier alpha value is -1.76. The molecular weight excluding hydrogens is 317 g/mol. The van der Waals surface area contributed by atoms with Gasteiger partial charge in [0.15, 0.2) is 0 Å². The summed E-state index contributed by atoms with van der Waals surface area (Å²) in [7, 11) is -3.64. The fraction of sp³-hybridized carbons (Fsp3) is 0.294. The maximum absolute atomic E-state index is 13.1. The maximum Gasteiger partial charge on any atom is 0.215 e. The van der Waals surface area contributed by atoms with Gasteiger partial charge in [0.2, 0.25) is 10.0 Å². The van der Waals surface area contributed by atoms with Crippen molar-refractivity contribution in [2.45, 2.75) is 24.2 Å². The molecule has 0 saturated heterocycles. The highest BCUT2D eigenvalue weighted by Crippen LogP contribution is 2.29. The predicted octanol–water partition coefficient (Wildman–Crippen LogP) is 1.78. The zero-order valence-corrected chi connectivity index (χ0v) is 13.3. The van der Waals surface area contributed by atoms with E-state index in [4.69, 9.17) is 0 Å². The van der Waals surface area contributed by atoms with Crippen LogP contribution < -0.4 is 4.72 Å². The van der Waals surface area contributed by atoms with Crippen LogP contribution in [0.25, 0.3) is 0 Å². The van der Waals surface area contributed by atoms with Gasteiger partial charge in [-0.25, -0.2) is 17.5 Å². The summed E-state index contributed by atoms with van der Waals surface area (Å²) in [6.07, 6.45) is 0.845. The molecule has 0 amide bonds. The zero-order valence-electron chi connectivity index (χ0n) is 12.5. The monoisotopic (exact) mass is 335 g/mol. The number of sulfonamides is 1. The van der Waals surface area contributed by atoms with E-state index in [1.807, 2.05) is 24.3 Å². The molecule has 0 radical (unpaired) electrons. The Morgan fingerprint density at radius 3 is 2.35 bits per heavy atom. The Bertz CT molecular complexity index is 795. The predicted molar refractivity (Wildman–Crippen MR) is 85.8 cm³/mol. The molecule has 122 valence electrons. The molecule has 0 bridgehead atoms. The fourth-order valence-corrected chi connectivity index (χ4v) is 4.15. The lowest BCUT2D eigenvalue weighted by atomic mass is 10.0. The van der Waals surface area contributed by atoms with Gasteiger partial charge >= 0.3 is 0 Å². The Balaban J connectivity index is 1.64. The quantitative estimate of drug-likeness (QED) is 0.875. The van der Waals surface area contributed by atoms with Crippen molar-refractivity contribution in [2.24, 2.45) is 0 Å². The van der Waals surface area contributed by atoms with Gasteiger partial charge in [-0.3, -0.25) is 0 Å². The molecule has 0 aliphatic heterocycles. The molecular formula is C17H18FNO3S. The van der Waals surface area contributed by atoms with Gasteiger partial charge in [0.25, 0.3) is 0 Å². The lowest BCUT2D eigenvalue weighted by Crippen LogP contribution is -2.43. The van der Waals surface area contributed by atoms with Gasteiger partial charge in [-0.15, -0.1) is 0 Å². The van der Waals surface area contributed by atoms with Crippen LogP contribution in [-0.2, 0) is 28.6 Å². The summed E-state index contributed by atoms with van der Waals surface area (Å²) in [5, 5.41) is 10.6. The molecule has 0 heterocycles. The SMILES string of the molecule is O=S(=O)(Cc1cccc(F)c1)NCC1(O)Cc2ccccc2C1. The highest BCUT2D eigenvalue weighted by Gasteiger charge is 2.35. The lowest BCUT2D eigenvalue weighted by molar-refractivity contribution is 0.0567. The third-order valence-corrected chi connectivity index (χ3v) is 5.32. The Labute approximate surface area is 135 Å². The van der Waals surface area contributed by atoms with Crippen molar-refractivity contribution < 1.29 is 17.9 Å². The summed E-state index contributed by atoms with van der Waals surface area (Å²) in [6.45, 7) is -0.0562. The van der Waals surface area contributed by atoms with E-state index in [2.05, 4.69) is 4.72 Å². The topological polar surface area (TPSA) is 66.4 Å². The van der Waals surface area contributed by atoms with E-state index >= 15 is 0 Å². The minimum Gasteiger partial charge on any atom is -0.388 e. The van der Waals surface area contributed by atoms with Crippen LogP contribution in [0.2, 0.25) is 0 Å². The van der Waals surface area contributed by atoms with Crippen LogP contribution in [0.1, 0.15) is 16.7 Å². The van der Waals surface area contributed by atoms with E-state index in [-0.39, 0.29) is 12.3 Å². The smallest absolute Gasteiger partial charge is 0.215 e. The van der Waals surface area contributed by atoms with Crippen molar-refractivity contribution in [3.8, 4) is 0 Å². The zero-order chi connectivity index (χ0) is 16.5. The molecule has 0 atom stereocenters. The summed E-state index contributed by atoms with van der Waals surface area (Å²) in [6, 6.07) is 13.2. The van der Waals surface area contributed by atoms with Gasteiger partial charge in [-0.2, -0.15) is 0 Å². The van der Waals surface area contributed by atoms with Gasteiger partial charge in [-0.05, 0) is 28.8 Å². The Morgan fingerprint density at radius 1 is 1.09 bits per heavy atom. The van der Waals surface area contributed by atoms with Crippen molar-refractivity contribution in [2.75, 3.05) is 6.54 Å². The van der Waals surface area contributed by atoms with Crippen LogP contribution in [0.3, 0.4) is 0 Å².